The average molecular weight is 1290 g/mol. The minimum atomic E-state index is -0.854. The number of amidine groups is 5. The van der Waals surface area contributed by atoms with Gasteiger partial charge in [-0.25, -0.2) is 25.0 Å². The minimum absolute atomic E-state index is 0.285. The first-order valence-corrected chi connectivity index (χ1v) is 33.4. The van der Waals surface area contributed by atoms with E-state index in [9.17, 15) is 0 Å². The lowest BCUT2D eigenvalue weighted by Crippen LogP contribution is -2.37. The quantitative estimate of drug-likeness (QED) is 0.133. The first-order chi connectivity index (χ1) is 44.6. The molecule has 0 saturated carbocycles. The normalized spacial score (nSPS) is 17.0. The highest BCUT2D eigenvalue weighted by atomic mass is 16.5. The molecule has 5 heterocycles. The molecule has 500 valence electrons. The molecule has 1 unspecified atom stereocenters. The monoisotopic (exact) mass is 1290 g/mol. The Kier molecular flexibility index (Phi) is 15.1. The third-order valence-electron chi connectivity index (χ3n) is 15.6. The molecule has 96 heavy (non-hydrogen) atoms. The molecule has 1 atom stereocenters. The maximum absolute atomic E-state index is 7.35. The fraction of sp³-hybridized carbons (Fsp3) is 0.412. The summed E-state index contributed by atoms with van der Waals surface area (Å²) in [6.45, 7) is 49.2. The van der Waals surface area contributed by atoms with Gasteiger partial charge in [0.2, 0.25) is 0 Å². The summed E-state index contributed by atoms with van der Waals surface area (Å²) in [7, 11) is 0. The molecule has 3 N–H and O–H groups in total. The van der Waals surface area contributed by atoms with E-state index >= 15 is 0 Å². The molecular formula is C80H92N8O8. The number of aromatic nitrogens is 1. The average Bonchev–Trinajstić information content (AvgIpc) is 1.50. The number of benzene rings is 8. The zero-order valence-corrected chi connectivity index (χ0v) is 60.3. The summed E-state index contributed by atoms with van der Waals surface area (Å²) in [6, 6.07) is 32.7. The van der Waals surface area contributed by atoms with Crippen LogP contribution in [0.4, 0.5) is 11.6 Å². The molecule has 0 aliphatic carbocycles. The number of aliphatic imine (C=N–C) groups is 5. The summed E-state index contributed by atoms with van der Waals surface area (Å²) < 4.78 is 58.6. The van der Waals surface area contributed by atoms with E-state index in [0.29, 0.717) is 120 Å². The van der Waals surface area contributed by atoms with Gasteiger partial charge >= 0.3 is 0 Å². The maximum atomic E-state index is 7.35. The minimum Gasteiger partial charge on any atom is -0.487 e. The molecule has 8 bridgehead atoms. The summed E-state index contributed by atoms with van der Waals surface area (Å²) in [6.07, 6.45) is -0.854. The van der Waals surface area contributed by atoms with Crippen LogP contribution in [-0.4, -0.2) is 79.0 Å². The lowest BCUT2D eigenvalue weighted by molar-refractivity contribution is 0.126. The zero-order valence-electron chi connectivity index (χ0n) is 60.3. The Hall–Kier alpha value is -9.31. The van der Waals surface area contributed by atoms with Crippen molar-refractivity contribution in [3.05, 3.63) is 130 Å². The number of aromatic amines is 1. The Morgan fingerprint density at radius 3 is 0.812 bits per heavy atom. The van der Waals surface area contributed by atoms with Crippen molar-refractivity contribution in [2.75, 3.05) is 0 Å². The summed E-state index contributed by atoms with van der Waals surface area (Å²) in [4.78, 5) is 33.0. The van der Waals surface area contributed by atoms with Crippen molar-refractivity contribution in [1.82, 2.24) is 15.6 Å². The van der Waals surface area contributed by atoms with Crippen LogP contribution in [0.25, 0.3) is 53.9 Å². The molecule has 0 saturated heterocycles. The fourth-order valence-electron chi connectivity index (χ4n) is 12.8. The van der Waals surface area contributed by atoms with Crippen LogP contribution >= 0.6 is 0 Å². The number of rotatable bonds is 8. The first-order valence-electron chi connectivity index (χ1n) is 33.4. The van der Waals surface area contributed by atoms with Crippen LogP contribution < -0.4 is 48.5 Å². The van der Waals surface area contributed by atoms with Gasteiger partial charge < -0.3 is 53.5 Å². The number of ether oxygens (including phenoxy) is 8. The van der Waals surface area contributed by atoms with E-state index in [-0.39, 0.29) is 5.84 Å². The van der Waals surface area contributed by atoms with E-state index in [4.69, 9.17) is 62.9 Å². The number of hydrogen-bond acceptors (Lipinski definition) is 15. The Labute approximate surface area is 564 Å². The molecule has 0 amide bonds. The maximum Gasteiger partial charge on any atom is 0.168 e. The Balaban J connectivity index is 1.30. The predicted molar refractivity (Wildman–Crippen MR) is 392 cm³/mol. The molecule has 16 nitrogen and oxygen atoms in total. The van der Waals surface area contributed by atoms with Crippen LogP contribution in [0.5, 0.6) is 46.0 Å². The molecule has 9 aromatic rings. The van der Waals surface area contributed by atoms with Crippen molar-refractivity contribution in [3.8, 4) is 46.0 Å². The standard InChI is InChI=1S/C80H92N8O8/c1-73(2,3)89-57-41-33-25-26-34-42(41)58(90-74(4,5)6)50-49(57)65-81-66(50)86-68-53-54(62(94-78(16,17)18)46-38-30-29-37-45(46)61(53)93-77(13,14)15)70(83-68)88-72-56-55(63(95-79(19,20)21)47-39-31-32-40-48(47)64(56)96-80(22,23)24)71(84-72)87-69-52-51(67(82-69)85-65)59(91-75(7,8)9)43-35-27-28-36-44(43)60(52)92-76(10,11)12/h25-40,65,84H,1-24H3,(H,82,85,87)(H,81,83,86,88). The van der Waals surface area contributed by atoms with Crippen LogP contribution in [-0.2, 0) is 0 Å². The van der Waals surface area contributed by atoms with Crippen molar-refractivity contribution in [2.45, 2.75) is 217 Å². The van der Waals surface area contributed by atoms with Gasteiger partial charge in [-0.15, -0.1) is 0 Å². The summed E-state index contributed by atoms with van der Waals surface area (Å²) in [5, 5.41) is 15.7. The largest absolute Gasteiger partial charge is 0.487 e. The fourth-order valence-corrected chi connectivity index (χ4v) is 12.8. The number of nitrogens with zero attached hydrogens (tertiary/aromatic N) is 5. The molecule has 8 aromatic carbocycles. The number of hydrogen-bond donors (Lipinski definition) is 3. The molecular weight excluding hydrogens is 1200 g/mol. The van der Waals surface area contributed by atoms with E-state index in [1.807, 2.05) is 132 Å². The van der Waals surface area contributed by atoms with Gasteiger partial charge in [-0.3, -0.25) is 0 Å². The third-order valence-corrected chi connectivity index (χ3v) is 15.6. The van der Waals surface area contributed by atoms with Crippen LogP contribution in [0.3, 0.4) is 0 Å². The lowest BCUT2D eigenvalue weighted by atomic mass is 9.95. The van der Waals surface area contributed by atoms with Gasteiger partial charge in [0.15, 0.2) is 17.5 Å². The summed E-state index contributed by atoms with van der Waals surface area (Å²) in [5.41, 5.74) is -1.98. The lowest BCUT2D eigenvalue weighted by Gasteiger charge is -2.30. The summed E-state index contributed by atoms with van der Waals surface area (Å²) in [5.74, 6) is 7.09. The molecule has 4 aliphatic rings. The SMILES string of the molecule is CC(C)(C)Oc1c2c(c(OC(C)(C)C)c3ccccc13)/C1=N/c3[nH]c(c4c(OC(C)(C)C)c5ccccc5c(OC(C)(C)C)c34)/N=C3\N=C(NC4NC(=NC2=N1)c1c4c(OC(C)(C)C)c2ccccc2c1OC(C)(C)C)c1c3c(OC(C)(C)C)c2ccccc2c1OC(C)(C)C. The zero-order chi connectivity index (χ0) is 69.1. The van der Waals surface area contributed by atoms with Gasteiger partial charge in [-0.05, 0) is 166 Å². The molecule has 13 rings (SSSR count). The number of fused-ring (bicyclic) bond motifs is 22. The van der Waals surface area contributed by atoms with Gasteiger partial charge in [-0.2, -0.15) is 0 Å². The van der Waals surface area contributed by atoms with Gasteiger partial charge in [0.05, 0.1) is 44.2 Å². The highest BCUT2D eigenvalue weighted by Gasteiger charge is 2.45. The predicted octanol–water partition coefficient (Wildman–Crippen LogP) is 19.5. The van der Waals surface area contributed by atoms with E-state index in [1.165, 1.54) is 0 Å². The molecule has 0 radical (unpaired) electrons. The first kappa shape index (κ1) is 65.4. The van der Waals surface area contributed by atoms with Gasteiger partial charge in [0, 0.05) is 43.1 Å². The molecule has 1 aromatic heterocycles. The van der Waals surface area contributed by atoms with Crippen molar-refractivity contribution in [1.29, 1.82) is 0 Å². The highest BCUT2D eigenvalue weighted by molar-refractivity contribution is 6.33. The van der Waals surface area contributed by atoms with Crippen molar-refractivity contribution < 1.29 is 37.9 Å². The van der Waals surface area contributed by atoms with Crippen LogP contribution in [0.15, 0.2) is 122 Å². The second kappa shape index (κ2) is 22.1. The number of H-pyrrole nitrogens is 1. The topological polar surface area (TPSA) is 175 Å². The Morgan fingerprint density at radius 2 is 0.490 bits per heavy atom. The molecule has 4 aliphatic heterocycles. The number of nitrogens with one attached hydrogen (secondary N) is 3. The van der Waals surface area contributed by atoms with Crippen LogP contribution in [0.1, 0.15) is 206 Å². The smallest absolute Gasteiger partial charge is 0.168 e. The van der Waals surface area contributed by atoms with Gasteiger partial charge in [0.25, 0.3) is 0 Å². The van der Waals surface area contributed by atoms with Gasteiger partial charge in [-0.1, -0.05) is 97.1 Å². The Morgan fingerprint density at radius 1 is 0.260 bits per heavy atom. The van der Waals surface area contributed by atoms with E-state index in [2.05, 4.69) is 147 Å². The van der Waals surface area contributed by atoms with E-state index < -0.39 is 51.0 Å². The summed E-state index contributed by atoms with van der Waals surface area (Å²) >= 11 is 0. The molecule has 0 fully saturated rings. The molecule has 0 spiro atoms. The third kappa shape index (κ3) is 12.4. The van der Waals surface area contributed by atoms with E-state index in [0.717, 1.165) is 48.7 Å². The van der Waals surface area contributed by atoms with Crippen molar-refractivity contribution >= 4 is 94.7 Å². The second-order valence-corrected chi connectivity index (χ2v) is 33.3. The second-order valence-electron chi connectivity index (χ2n) is 33.3. The van der Waals surface area contributed by atoms with Crippen molar-refractivity contribution in [3.63, 3.8) is 0 Å². The van der Waals surface area contributed by atoms with Crippen LogP contribution in [0, 0.1) is 0 Å². The van der Waals surface area contributed by atoms with Crippen LogP contribution in [0.2, 0.25) is 0 Å². The molecule has 16 heteroatoms. The Bertz CT molecular complexity index is 4910. The van der Waals surface area contributed by atoms with E-state index in [1.54, 1.807) is 0 Å². The van der Waals surface area contributed by atoms with Gasteiger partial charge in [0.1, 0.15) is 120 Å². The highest BCUT2D eigenvalue weighted by Crippen LogP contribution is 2.56. The van der Waals surface area contributed by atoms with Crippen molar-refractivity contribution in [2.24, 2.45) is 25.0 Å².